The summed E-state index contributed by atoms with van der Waals surface area (Å²) in [5.41, 5.74) is 6.80. The number of nitrogens with two attached hydrogens (primary N) is 1. The van der Waals surface area contributed by atoms with Gasteiger partial charge in [0.1, 0.15) is 5.75 Å². The molecule has 2 rings (SSSR count). The van der Waals surface area contributed by atoms with Gasteiger partial charge >= 0.3 is 0 Å². The molecule has 1 saturated carbocycles. The van der Waals surface area contributed by atoms with Crippen molar-refractivity contribution in [3.8, 4) is 5.75 Å². The molecular formula is C13H17I2NO2. The second kappa shape index (κ2) is 6.23. The number of aromatic hydroxyl groups is 1. The Hall–Kier alpha value is 0.400. The van der Waals surface area contributed by atoms with Crippen molar-refractivity contribution in [1.29, 1.82) is 0 Å². The first-order valence-electron chi connectivity index (χ1n) is 6.12. The fraction of sp³-hybridized carbons (Fsp3) is 0.538. The first-order valence-corrected chi connectivity index (χ1v) is 8.28. The van der Waals surface area contributed by atoms with Crippen LogP contribution in [0.2, 0.25) is 0 Å². The van der Waals surface area contributed by atoms with Crippen LogP contribution in [0.1, 0.15) is 37.3 Å². The van der Waals surface area contributed by atoms with Gasteiger partial charge < -0.3 is 15.9 Å². The zero-order chi connectivity index (χ0) is 13.3. The quantitative estimate of drug-likeness (QED) is 0.592. The molecule has 1 aromatic carbocycles. The summed E-state index contributed by atoms with van der Waals surface area (Å²) in [5, 5.41) is 20.4. The van der Waals surface area contributed by atoms with Crippen LogP contribution in [0.3, 0.4) is 0 Å². The van der Waals surface area contributed by atoms with Crippen molar-refractivity contribution in [2.24, 2.45) is 11.7 Å². The predicted molar refractivity (Wildman–Crippen MR) is 88.4 cm³/mol. The van der Waals surface area contributed by atoms with Crippen LogP contribution in [0.15, 0.2) is 12.1 Å². The van der Waals surface area contributed by atoms with Gasteiger partial charge in [0.2, 0.25) is 0 Å². The molecule has 3 nitrogen and oxygen atoms in total. The lowest BCUT2D eigenvalue weighted by molar-refractivity contribution is 0.0836. The van der Waals surface area contributed by atoms with Crippen LogP contribution < -0.4 is 5.73 Å². The summed E-state index contributed by atoms with van der Waals surface area (Å²) >= 11 is 4.29. The van der Waals surface area contributed by atoms with Crippen LogP contribution in [-0.4, -0.2) is 16.3 Å². The molecule has 0 heterocycles. The van der Waals surface area contributed by atoms with E-state index < -0.39 is 12.1 Å². The molecule has 0 radical (unpaired) electrons. The normalized spacial score (nSPS) is 20.0. The molecule has 5 heteroatoms. The fourth-order valence-corrected chi connectivity index (χ4v) is 4.51. The number of hydrogen-bond acceptors (Lipinski definition) is 3. The lowest BCUT2D eigenvalue weighted by atomic mass is 9.90. The highest BCUT2D eigenvalue weighted by molar-refractivity contribution is 14.1. The van der Waals surface area contributed by atoms with E-state index >= 15 is 0 Å². The molecule has 100 valence electrons. The second-order valence-corrected chi connectivity index (χ2v) is 7.29. The van der Waals surface area contributed by atoms with E-state index in [0.717, 1.165) is 20.0 Å². The Morgan fingerprint density at radius 1 is 1.22 bits per heavy atom. The smallest absolute Gasteiger partial charge is 0.133 e. The maximum atomic E-state index is 10.3. The Kier molecular flexibility index (Phi) is 5.13. The summed E-state index contributed by atoms with van der Waals surface area (Å²) < 4.78 is 1.81. The summed E-state index contributed by atoms with van der Waals surface area (Å²) in [6, 6.07) is 3.26. The van der Waals surface area contributed by atoms with Gasteiger partial charge in [-0.15, -0.1) is 0 Å². The van der Waals surface area contributed by atoms with Crippen molar-refractivity contribution < 1.29 is 10.2 Å². The van der Waals surface area contributed by atoms with E-state index in [1.807, 2.05) is 12.1 Å². The van der Waals surface area contributed by atoms with Gasteiger partial charge in [0, 0.05) is 9.13 Å². The SMILES string of the molecule is N[C@@H](c1cc(I)cc(I)c1O)[C@H](O)C1CCCC1. The molecule has 0 amide bonds. The van der Waals surface area contributed by atoms with Gasteiger partial charge in [0.25, 0.3) is 0 Å². The van der Waals surface area contributed by atoms with Crippen LogP contribution in [0.5, 0.6) is 5.75 Å². The van der Waals surface area contributed by atoms with Gasteiger partial charge in [-0.2, -0.15) is 0 Å². The van der Waals surface area contributed by atoms with E-state index in [1.165, 1.54) is 12.8 Å². The molecule has 2 atom stereocenters. The summed E-state index contributed by atoms with van der Waals surface area (Å²) in [7, 11) is 0. The van der Waals surface area contributed by atoms with Gasteiger partial charge in [-0.3, -0.25) is 0 Å². The number of benzene rings is 1. The Labute approximate surface area is 134 Å². The third kappa shape index (κ3) is 3.10. The summed E-state index contributed by atoms with van der Waals surface area (Å²) in [6.45, 7) is 0. The molecule has 1 fully saturated rings. The molecule has 1 aliphatic carbocycles. The zero-order valence-electron chi connectivity index (χ0n) is 9.94. The van der Waals surface area contributed by atoms with Crippen molar-refractivity contribution in [3.05, 3.63) is 24.8 Å². The molecule has 18 heavy (non-hydrogen) atoms. The maximum absolute atomic E-state index is 10.3. The van der Waals surface area contributed by atoms with Crippen LogP contribution >= 0.6 is 45.2 Å². The zero-order valence-corrected chi connectivity index (χ0v) is 14.3. The molecule has 0 bridgehead atoms. The van der Waals surface area contributed by atoms with Gasteiger partial charge in [-0.1, -0.05) is 12.8 Å². The number of phenolic OH excluding ortho intramolecular Hbond substituents is 1. The minimum absolute atomic E-state index is 0.209. The van der Waals surface area contributed by atoms with Gasteiger partial charge in [-0.25, -0.2) is 0 Å². The standard InChI is InChI=1S/C13H17I2NO2/c14-8-5-9(13(18)10(15)6-8)11(16)12(17)7-3-1-2-4-7/h5-7,11-12,17-18H,1-4,16H2/t11-,12+/m0/s1. The monoisotopic (exact) mass is 473 g/mol. The minimum atomic E-state index is -0.563. The van der Waals surface area contributed by atoms with Crippen molar-refractivity contribution in [2.45, 2.75) is 37.8 Å². The fourth-order valence-electron chi connectivity index (χ4n) is 2.62. The molecule has 0 saturated heterocycles. The van der Waals surface area contributed by atoms with E-state index in [1.54, 1.807) is 0 Å². The topological polar surface area (TPSA) is 66.5 Å². The molecule has 1 aromatic rings. The maximum Gasteiger partial charge on any atom is 0.133 e. The Morgan fingerprint density at radius 2 is 1.83 bits per heavy atom. The van der Waals surface area contributed by atoms with Crippen molar-refractivity contribution >= 4 is 45.2 Å². The van der Waals surface area contributed by atoms with Crippen molar-refractivity contribution in [1.82, 2.24) is 0 Å². The van der Waals surface area contributed by atoms with E-state index in [0.29, 0.717) is 5.56 Å². The summed E-state index contributed by atoms with van der Waals surface area (Å²) in [5.74, 6) is 0.482. The number of rotatable bonds is 3. The number of aliphatic hydroxyl groups is 1. The molecule has 4 N–H and O–H groups in total. The van der Waals surface area contributed by atoms with Gasteiger partial charge in [-0.05, 0) is 76.1 Å². The average Bonchev–Trinajstić information content (AvgIpc) is 2.85. The summed E-state index contributed by atoms with van der Waals surface area (Å²) in [6.07, 6.45) is 3.86. The lowest BCUT2D eigenvalue weighted by Gasteiger charge is -2.25. The predicted octanol–water partition coefficient (Wildman–Crippen LogP) is 3.15. The van der Waals surface area contributed by atoms with Gasteiger partial charge in [0.15, 0.2) is 0 Å². The second-order valence-electron chi connectivity index (χ2n) is 4.89. The average molecular weight is 473 g/mol. The van der Waals surface area contributed by atoms with E-state index in [9.17, 15) is 10.2 Å². The van der Waals surface area contributed by atoms with Crippen LogP contribution in [0.25, 0.3) is 0 Å². The molecule has 0 aliphatic heterocycles. The van der Waals surface area contributed by atoms with E-state index in [-0.39, 0.29) is 11.7 Å². The Balaban J connectivity index is 2.24. The number of halogens is 2. The molecule has 0 spiro atoms. The third-order valence-electron chi connectivity index (χ3n) is 3.67. The number of aliphatic hydroxyl groups excluding tert-OH is 1. The molecule has 0 unspecified atom stereocenters. The summed E-state index contributed by atoms with van der Waals surface area (Å²) in [4.78, 5) is 0. The third-order valence-corrected chi connectivity index (χ3v) is 5.11. The van der Waals surface area contributed by atoms with Crippen LogP contribution in [0, 0.1) is 13.1 Å². The lowest BCUT2D eigenvalue weighted by Crippen LogP contribution is -2.32. The first kappa shape index (κ1) is 14.8. The van der Waals surface area contributed by atoms with Gasteiger partial charge in [0.05, 0.1) is 15.7 Å². The minimum Gasteiger partial charge on any atom is -0.506 e. The number of hydrogen-bond donors (Lipinski definition) is 3. The first-order chi connectivity index (χ1) is 8.50. The molecular weight excluding hydrogens is 456 g/mol. The highest BCUT2D eigenvalue weighted by atomic mass is 127. The van der Waals surface area contributed by atoms with Crippen molar-refractivity contribution in [3.63, 3.8) is 0 Å². The Bertz CT molecular complexity index is 433. The highest BCUT2D eigenvalue weighted by Gasteiger charge is 2.30. The molecule has 1 aliphatic rings. The van der Waals surface area contributed by atoms with E-state index in [2.05, 4.69) is 45.2 Å². The number of phenols is 1. The Morgan fingerprint density at radius 3 is 2.44 bits per heavy atom. The molecule has 0 aromatic heterocycles. The largest absolute Gasteiger partial charge is 0.506 e. The van der Waals surface area contributed by atoms with Crippen LogP contribution in [-0.2, 0) is 0 Å². The highest BCUT2D eigenvalue weighted by Crippen LogP contribution is 2.37. The van der Waals surface area contributed by atoms with Crippen LogP contribution in [0.4, 0.5) is 0 Å². The van der Waals surface area contributed by atoms with E-state index in [4.69, 9.17) is 5.73 Å². The van der Waals surface area contributed by atoms with Crippen molar-refractivity contribution in [2.75, 3.05) is 0 Å².